The molecule has 0 saturated heterocycles. The van der Waals surface area contributed by atoms with E-state index in [4.69, 9.17) is 11.5 Å². The number of carboxylic acids is 1. The van der Waals surface area contributed by atoms with Gasteiger partial charge in [0, 0.05) is 31.2 Å². The Bertz CT molecular complexity index is 1140. The largest absolute Gasteiger partial charge is 0.508 e. The smallest absolute Gasteiger partial charge is 0.326 e. The summed E-state index contributed by atoms with van der Waals surface area (Å²) < 4.78 is 0. The number of nitrogens with two attached hydrogens (primary N) is 2. The number of aromatic hydroxyl groups is 1. The topological polar surface area (TPSA) is 243 Å². The number of phenolic OH excluding ortho intramolecular Hbond substituents is 1. The summed E-state index contributed by atoms with van der Waals surface area (Å²) >= 11 is 0. The van der Waals surface area contributed by atoms with E-state index < -0.39 is 53.8 Å². The zero-order chi connectivity index (χ0) is 29.1. The third-order valence-electron chi connectivity index (χ3n) is 5.94. The monoisotopic (exact) mass is 545 g/mol. The molecule has 14 heteroatoms. The standard InChI is InChI=1S/C25H35N7O7/c1-13(2)21(27)24(37)31-18(9-14-3-5-16(33)6-4-14)23(36)30-17(7-8-20(26)34)22(35)32-19(25(38)39)10-15-11-28-12-29-15/h3-6,11-13,17-19,21,33H,7-10,27H2,1-2H3,(H2,26,34)(H,28,29)(H,30,36)(H,31,37)(H,32,35)(H,38,39). The molecule has 4 unspecified atom stereocenters. The van der Waals surface area contributed by atoms with E-state index in [1.165, 1.54) is 24.7 Å². The van der Waals surface area contributed by atoms with Gasteiger partial charge in [0.2, 0.25) is 23.6 Å². The molecule has 212 valence electrons. The lowest BCUT2D eigenvalue weighted by Crippen LogP contribution is -2.58. The first-order valence-electron chi connectivity index (χ1n) is 12.3. The Kier molecular flexibility index (Phi) is 11.4. The van der Waals surface area contributed by atoms with Gasteiger partial charge in [0.15, 0.2) is 0 Å². The van der Waals surface area contributed by atoms with Crippen molar-refractivity contribution in [2.45, 2.75) is 63.7 Å². The number of aliphatic carboxylic acids is 1. The average Bonchev–Trinajstić information content (AvgIpc) is 3.39. The van der Waals surface area contributed by atoms with E-state index in [2.05, 4.69) is 25.9 Å². The van der Waals surface area contributed by atoms with Gasteiger partial charge in [-0.2, -0.15) is 0 Å². The van der Waals surface area contributed by atoms with Gasteiger partial charge in [-0.25, -0.2) is 9.78 Å². The average molecular weight is 546 g/mol. The van der Waals surface area contributed by atoms with Crippen molar-refractivity contribution >= 4 is 29.6 Å². The molecule has 0 aliphatic heterocycles. The number of nitrogens with one attached hydrogen (secondary N) is 4. The Morgan fingerprint density at radius 2 is 1.51 bits per heavy atom. The number of carbonyl (C=O) groups is 5. The van der Waals surface area contributed by atoms with Crippen molar-refractivity contribution in [3.63, 3.8) is 0 Å². The van der Waals surface area contributed by atoms with Crippen LogP contribution in [-0.2, 0) is 36.8 Å². The molecule has 0 spiro atoms. The number of nitrogens with zero attached hydrogens (tertiary/aromatic N) is 1. The van der Waals surface area contributed by atoms with Crippen LogP contribution in [0.25, 0.3) is 0 Å². The van der Waals surface area contributed by atoms with E-state index in [0.717, 1.165) is 0 Å². The second kappa shape index (κ2) is 14.5. The molecule has 0 radical (unpaired) electrons. The Hall–Kier alpha value is -4.46. The number of phenols is 1. The molecule has 0 bridgehead atoms. The predicted molar refractivity (Wildman–Crippen MR) is 139 cm³/mol. The zero-order valence-corrected chi connectivity index (χ0v) is 21.7. The van der Waals surface area contributed by atoms with Gasteiger partial charge in [-0.3, -0.25) is 19.2 Å². The first-order valence-corrected chi connectivity index (χ1v) is 12.3. The first kappa shape index (κ1) is 30.8. The van der Waals surface area contributed by atoms with Gasteiger partial charge < -0.3 is 42.6 Å². The number of carbonyl (C=O) groups excluding carboxylic acids is 4. The number of primary amides is 1. The van der Waals surface area contributed by atoms with E-state index in [0.29, 0.717) is 11.3 Å². The van der Waals surface area contributed by atoms with Crippen LogP contribution in [0.2, 0.25) is 0 Å². The van der Waals surface area contributed by atoms with Gasteiger partial charge in [-0.05, 0) is 30.0 Å². The third-order valence-corrected chi connectivity index (χ3v) is 5.94. The van der Waals surface area contributed by atoms with Gasteiger partial charge in [0.1, 0.15) is 23.9 Å². The minimum Gasteiger partial charge on any atom is -0.508 e. The van der Waals surface area contributed by atoms with Crippen LogP contribution in [0, 0.1) is 5.92 Å². The van der Waals surface area contributed by atoms with Crippen molar-refractivity contribution in [3.05, 3.63) is 48.0 Å². The van der Waals surface area contributed by atoms with Crippen LogP contribution in [0.3, 0.4) is 0 Å². The summed E-state index contributed by atoms with van der Waals surface area (Å²) in [5.41, 5.74) is 12.2. The van der Waals surface area contributed by atoms with Crippen molar-refractivity contribution in [1.82, 2.24) is 25.9 Å². The highest BCUT2D eigenvalue weighted by molar-refractivity contribution is 5.94. The second-order valence-corrected chi connectivity index (χ2v) is 9.45. The van der Waals surface area contributed by atoms with Crippen LogP contribution in [0.15, 0.2) is 36.8 Å². The molecule has 0 aliphatic carbocycles. The van der Waals surface area contributed by atoms with Crippen LogP contribution in [0.5, 0.6) is 5.75 Å². The summed E-state index contributed by atoms with van der Waals surface area (Å²) in [5.74, 6) is -4.48. The summed E-state index contributed by atoms with van der Waals surface area (Å²) in [6.45, 7) is 3.48. The third kappa shape index (κ3) is 10.1. The number of hydrogen-bond donors (Lipinski definition) is 8. The molecular weight excluding hydrogens is 510 g/mol. The molecule has 1 aromatic carbocycles. The molecule has 0 saturated carbocycles. The fourth-order valence-electron chi connectivity index (χ4n) is 3.56. The molecule has 10 N–H and O–H groups in total. The van der Waals surface area contributed by atoms with Crippen molar-refractivity contribution in [2.75, 3.05) is 0 Å². The Labute approximate surface area is 224 Å². The Balaban J connectivity index is 2.25. The zero-order valence-electron chi connectivity index (χ0n) is 21.7. The summed E-state index contributed by atoms with van der Waals surface area (Å²) in [5, 5.41) is 26.6. The molecular formula is C25H35N7O7. The number of carboxylic acid groups (broad SMARTS) is 1. The van der Waals surface area contributed by atoms with Gasteiger partial charge in [0.05, 0.1) is 12.4 Å². The molecule has 1 aromatic heterocycles. The lowest BCUT2D eigenvalue weighted by molar-refractivity contribution is -0.142. The van der Waals surface area contributed by atoms with Crippen LogP contribution < -0.4 is 27.4 Å². The molecule has 2 rings (SSSR count). The molecule has 0 fully saturated rings. The first-order chi connectivity index (χ1) is 18.4. The van der Waals surface area contributed by atoms with E-state index in [1.54, 1.807) is 26.0 Å². The number of imidazole rings is 1. The van der Waals surface area contributed by atoms with E-state index in [-0.39, 0.29) is 37.4 Å². The highest BCUT2D eigenvalue weighted by Gasteiger charge is 2.31. The van der Waals surface area contributed by atoms with Gasteiger partial charge in [-0.1, -0.05) is 26.0 Å². The van der Waals surface area contributed by atoms with E-state index in [9.17, 15) is 34.2 Å². The maximum Gasteiger partial charge on any atom is 0.326 e. The van der Waals surface area contributed by atoms with Crippen LogP contribution >= 0.6 is 0 Å². The molecule has 0 aliphatic rings. The predicted octanol–water partition coefficient (Wildman–Crippen LogP) is -1.31. The fraction of sp³-hybridized carbons (Fsp3) is 0.440. The Morgan fingerprint density at radius 3 is 2.05 bits per heavy atom. The SMILES string of the molecule is CC(C)C(N)C(=O)NC(Cc1ccc(O)cc1)C(=O)NC(CCC(N)=O)C(=O)NC(Cc1cnc[nH]1)C(=O)O. The number of benzene rings is 1. The highest BCUT2D eigenvalue weighted by atomic mass is 16.4. The van der Waals surface area contributed by atoms with E-state index in [1.807, 2.05) is 0 Å². The van der Waals surface area contributed by atoms with Crippen LogP contribution in [0.4, 0.5) is 0 Å². The molecule has 4 atom stereocenters. The summed E-state index contributed by atoms with van der Waals surface area (Å²) in [4.78, 5) is 68.8. The van der Waals surface area contributed by atoms with Gasteiger partial charge in [0.25, 0.3) is 0 Å². The van der Waals surface area contributed by atoms with Crippen molar-refractivity contribution in [1.29, 1.82) is 0 Å². The van der Waals surface area contributed by atoms with Crippen LogP contribution in [-0.4, -0.2) is 73.9 Å². The van der Waals surface area contributed by atoms with E-state index >= 15 is 0 Å². The molecule has 14 nitrogen and oxygen atoms in total. The van der Waals surface area contributed by atoms with Gasteiger partial charge in [-0.15, -0.1) is 0 Å². The molecule has 39 heavy (non-hydrogen) atoms. The minimum absolute atomic E-state index is 0.00952. The van der Waals surface area contributed by atoms with Crippen molar-refractivity contribution < 1.29 is 34.2 Å². The second-order valence-electron chi connectivity index (χ2n) is 9.45. The Morgan fingerprint density at radius 1 is 0.923 bits per heavy atom. The maximum absolute atomic E-state index is 13.3. The number of aromatic nitrogens is 2. The number of aromatic amines is 1. The summed E-state index contributed by atoms with van der Waals surface area (Å²) in [6.07, 6.45) is 2.17. The summed E-state index contributed by atoms with van der Waals surface area (Å²) in [7, 11) is 0. The number of hydrogen-bond acceptors (Lipinski definition) is 8. The van der Waals surface area contributed by atoms with Gasteiger partial charge >= 0.3 is 5.97 Å². The fourth-order valence-corrected chi connectivity index (χ4v) is 3.56. The quantitative estimate of drug-likeness (QED) is 0.132. The number of amides is 4. The molecule has 1 heterocycles. The number of H-pyrrole nitrogens is 1. The minimum atomic E-state index is -1.36. The lowest BCUT2D eigenvalue weighted by atomic mass is 10.0. The van der Waals surface area contributed by atoms with Crippen molar-refractivity contribution in [3.8, 4) is 5.75 Å². The maximum atomic E-state index is 13.3. The highest BCUT2D eigenvalue weighted by Crippen LogP contribution is 2.12. The molecule has 2 aromatic rings. The normalized spacial score (nSPS) is 14.1. The summed E-state index contributed by atoms with van der Waals surface area (Å²) in [6, 6.07) is 1.17. The number of rotatable bonds is 15. The van der Waals surface area contributed by atoms with Crippen LogP contribution in [0.1, 0.15) is 37.9 Å². The van der Waals surface area contributed by atoms with Crippen molar-refractivity contribution in [2.24, 2.45) is 17.4 Å². The lowest BCUT2D eigenvalue weighted by Gasteiger charge is -2.26. The molecule has 4 amide bonds.